The molecule has 1 heterocycles. The van der Waals surface area contributed by atoms with Crippen LogP contribution in [0, 0.1) is 6.92 Å². The molecule has 2 amide bonds. The van der Waals surface area contributed by atoms with Crippen molar-refractivity contribution in [2.24, 2.45) is 0 Å². The number of benzene rings is 2. The second-order valence-corrected chi connectivity index (χ2v) is 7.35. The molecule has 28 heavy (non-hydrogen) atoms. The Kier molecular flexibility index (Phi) is 6.41. The first-order chi connectivity index (χ1) is 13.5. The summed E-state index contributed by atoms with van der Waals surface area (Å²) in [4.78, 5) is 26.8. The van der Waals surface area contributed by atoms with Gasteiger partial charge in [-0.05, 0) is 66.9 Å². The van der Waals surface area contributed by atoms with Crippen molar-refractivity contribution in [2.75, 3.05) is 20.3 Å². The van der Waals surface area contributed by atoms with Crippen LogP contribution in [-0.2, 0) is 11.2 Å². The van der Waals surface area contributed by atoms with E-state index in [-0.39, 0.29) is 11.1 Å². The predicted molar refractivity (Wildman–Crippen MR) is 112 cm³/mol. The zero-order valence-corrected chi connectivity index (χ0v) is 17.0. The molecule has 2 aromatic carbocycles. The lowest BCUT2D eigenvalue weighted by molar-refractivity contribution is -0.122. The molecule has 1 aliphatic rings. The van der Waals surface area contributed by atoms with E-state index < -0.39 is 0 Å². The first kappa shape index (κ1) is 20.0. The molecule has 2 aromatic rings. The number of nitrogens with zero attached hydrogens (tertiary/aromatic N) is 1. The molecule has 0 atom stereocenters. The van der Waals surface area contributed by atoms with Gasteiger partial charge in [0, 0.05) is 6.54 Å². The van der Waals surface area contributed by atoms with Crippen molar-refractivity contribution in [1.82, 2.24) is 4.90 Å². The lowest BCUT2D eigenvalue weighted by atomic mass is 10.1. The molecule has 1 saturated heterocycles. The number of carbonyl (C=O) groups is 2. The third-order valence-electron chi connectivity index (χ3n) is 4.48. The summed E-state index contributed by atoms with van der Waals surface area (Å²) in [6.07, 6.45) is 2.40. The molecule has 0 aliphatic carbocycles. The van der Waals surface area contributed by atoms with Crippen LogP contribution in [0.1, 0.15) is 23.6 Å². The van der Waals surface area contributed by atoms with Crippen molar-refractivity contribution >= 4 is 29.0 Å². The maximum atomic E-state index is 12.7. The van der Waals surface area contributed by atoms with Gasteiger partial charge in [0.05, 0.1) is 18.6 Å². The fourth-order valence-electron chi connectivity index (χ4n) is 2.98. The van der Waals surface area contributed by atoms with Gasteiger partial charge in [0.15, 0.2) is 11.5 Å². The first-order valence-electron chi connectivity index (χ1n) is 9.14. The molecule has 1 aliphatic heterocycles. The molecule has 3 rings (SSSR count). The summed E-state index contributed by atoms with van der Waals surface area (Å²) in [6, 6.07) is 13.5. The number of aryl methyl sites for hydroxylation is 1. The second-order valence-electron chi connectivity index (χ2n) is 6.36. The monoisotopic (exact) mass is 397 g/mol. The quantitative estimate of drug-likeness (QED) is 0.635. The Bertz CT molecular complexity index is 908. The molecule has 0 spiro atoms. The van der Waals surface area contributed by atoms with E-state index in [0.29, 0.717) is 36.0 Å². The Morgan fingerprint density at radius 2 is 1.86 bits per heavy atom. The van der Waals surface area contributed by atoms with Crippen LogP contribution < -0.4 is 9.47 Å². The van der Waals surface area contributed by atoms with Gasteiger partial charge >= 0.3 is 0 Å². The lowest BCUT2D eigenvalue weighted by Gasteiger charge is -2.13. The Morgan fingerprint density at radius 3 is 2.54 bits per heavy atom. The van der Waals surface area contributed by atoms with Crippen molar-refractivity contribution in [3.8, 4) is 11.5 Å². The molecular formula is C22H23NO4S. The van der Waals surface area contributed by atoms with Gasteiger partial charge in [0.1, 0.15) is 0 Å². The maximum Gasteiger partial charge on any atom is 0.293 e. The van der Waals surface area contributed by atoms with E-state index in [9.17, 15) is 9.59 Å². The van der Waals surface area contributed by atoms with E-state index in [1.165, 1.54) is 4.90 Å². The number of hydrogen-bond acceptors (Lipinski definition) is 5. The minimum Gasteiger partial charge on any atom is -0.493 e. The maximum absolute atomic E-state index is 12.7. The minimum absolute atomic E-state index is 0.233. The molecule has 1 fully saturated rings. The lowest BCUT2D eigenvalue weighted by Crippen LogP contribution is -2.30. The van der Waals surface area contributed by atoms with E-state index >= 15 is 0 Å². The van der Waals surface area contributed by atoms with Gasteiger partial charge in [-0.2, -0.15) is 0 Å². The summed E-state index contributed by atoms with van der Waals surface area (Å²) in [5.74, 6) is 1.01. The van der Waals surface area contributed by atoms with Crippen LogP contribution in [-0.4, -0.2) is 36.3 Å². The van der Waals surface area contributed by atoms with Crippen LogP contribution in [0.5, 0.6) is 11.5 Å². The summed E-state index contributed by atoms with van der Waals surface area (Å²) in [5.41, 5.74) is 2.87. The molecule has 0 bridgehead atoms. The molecule has 0 unspecified atom stereocenters. The van der Waals surface area contributed by atoms with E-state index in [0.717, 1.165) is 28.5 Å². The SMILES string of the molecule is CCOc1cc(/C=C2\SC(=O)N(CCc3ccccc3)C2=O)c(C)cc1OC. The van der Waals surface area contributed by atoms with Crippen molar-refractivity contribution in [1.29, 1.82) is 0 Å². The second kappa shape index (κ2) is 8.97. The average molecular weight is 397 g/mol. The van der Waals surface area contributed by atoms with Crippen molar-refractivity contribution in [3.63, 3.8) is 0 Å². The number of carbonyl (C=O) groups excluding carboxylic acids is 2. The Morgan fingerprint density at radius 1 is 1.11 bits per heavy atom. The zero-order valence-electron chi connectivity index (χ0n) is 16.2. The Hall–Kier alpha value is -2.73. The van der Waals surface area contributed by atoms with Gasteiger partial charge in [-0.3, -0.25) is 14.5 Å². The number of hydrogen-bond donors (Lipinski definition) is 0. The molecule has 0 aromatic heterocycles. The summed E-state index contributed by atoms with van der Waals surface area (Å²) in [5, 5.41) is -0.233. The van der Waals surface area contributed by atoms with Gasteiger partial charge in [-0.15, -0.1) is 0 Å². The van der Waals surface area contributed by atoms with E-state index in [1.807, 2.05) is 56.3 Å². The third-order valence-corrected chi connectivity index (χ3v) is 5.39. The molecule has 0 N–H and O–H groups in total. The molecule has 6 heteroatoms. The van der Waals surface area contributed by atoms with Gasteiger partial charge in [0.2, 0.25) is 0 Å². The highest BCUT2D eigenvalue weighted by atomic mass is 32.2. The fourth-order valence-corrected chi connectivity index (χ4v) is 3.84. The van der Waals surface area contributed by atoms with Gasteiger partial charge in [0.25, 0.3) is 11.1 Å². The topological polar surface area (TPSA) is 55.8 Å². The van der Waals surface area contributed by atoms with Crippen LogP contribution in [0.2, 0.25) is 0 Å². The Labute approximate surface area is 169 Å². The van der Waals surface area contributed by atoms with Gasteiger partial charge < -0.3 is 9.47 Å². The third kappa shape index (κ3) is 4.39. The number of imide groups is 1. The molecular weight excluding hydrogens is 374 g/mol. The summed E-state index contributed by atoms with van der Waals surface area (Å²) in [6.45, 7) is 4.72. The number of thioether (sulfide) groups is 1. The van der Waals surface area contributed by atoms with Gasteiger partial charge in [-0.1, -0.05) is 30.3 Å². The summed E-state index contributed by atoms with van der Waals surface area (Å²) < 4.78 is 11.0. The van der Waals surface area contributed by atoms with E-state index in [4.69, 9.17) is 9.47 Å². The average Bonchev–Trinajstić information content (AvgIpc) is 2.96. The summed E-state index contributed by atoms with van der Waals surface area (Å²) in [7, 11) is 1.59. The van der Waals surface area contributed by atoms with Crippen molar-refractivity contribution < 1.29 is 19.1 Å². The first-order valence-corrected chi connectivity index (χ1v) is 9.96. The zero-order chi connectivity index (χ0) is 20.1. The van der Waals surface area contributed by atoms with Crippen molar-refractivity contribution in [2.45, 2.75) is 20.3 Å². The van der Waals surface area contributed by atoms with Crippen molar-refractivity contribution in [3.05, 3.63) is 64.1 Å². The molecule has 146 valence electrons. The predicted octanol–water partition coefficient (Wildman–Crippen LogP) is 4.68. The van der Waals surface area contributed by atoms with Crippen LogP contribution >= 0.6 is 11.8 Å². The highest BCUT2D eigenvalue weighted by Crippen LogP contribution is 2.36. The largest absolute Gasteiger partial charge is 0.493 e. The molecule has 0 saturated carbocycles. The van der Waals surface area contributed by atoms with Crippen LogP contribution in [0.3, 0.4) is 0 Å². The number of methoxy groups -OCH3 is 1. The normalized spacial score (nSPS) is 15.4. The number of amides is 2. The molecule has 0 radical (unpaired) electrons. The number of ether oxygens (including phenoxy) is 2. The smallest absolute Gasteiger partial charge is 0.293 e. The Balaban J connectivity index is 1.80. The van der Waals surface area contributed by atoms with Gasteiger partial charge in [-0.25, -0.2) is 0 Å². The van der Waals surface area contributed by atoms with Crippen LogP contribution in [0.25, 0.3) is 6.08 Å². The van der Waals surface area contributed by atoms with Crippen LogP contribution in [0.15, 0.2) is 47.4 Å². The highest BCUT2D eigenvalue weighted by Gasteiger charge is 2.34. The standard InChI is InChI=1S/C22H23NO4S/c1-4-27-19-13-17(15(2)12-18(19)26-3)14-20-21(24)23(22(25)28-20)11-10-16-8-6-5-7-9-16/h5-9,12-14H,4,10-11H2,1-3H3/b20-14-. The number of rotatable bonds is 7. The van der Waals surface area contributed by atoms with Crippen LogP contribution in [0.4, 0.5) is 4.79 Å². The van der Waals surface area contributed by atoms with E-state index in [2.05, 4.69) is 0 Å². The summed E-state index contributed by atoms with van der Waals surface area (Å²) >= 11 is 0.976. The van der Waals surface area contributed by atoms with E-state index in [1.54, 1.807) is 13.2 Å². The fraction of sp³-hybridized carbons (Fsp3) is 0.273. The minimum atomic E-state index is -0.251. The highest BCUT2D eigenvalue weighted by molar-refractivity contribution is 8.18. The molecule has 5 nitrogen and oxygen atoms in total.